The summed E-state index contributed by atoms with van der Waals surface area (Å²) in [5.74, 6) is 0. The number of nitrogens with zero attached hydrogens (tertiary/aromatic N) is 2. The van der Waals surface area contributed by atoms with Crippen LogP contribution in [0.2, 0.25) is 0 Å². The van der Waals surface area contributed by atoms with Crippen molar-refractivity contribution >= 4 is 21.4 Å². The Balaban J connectivity index is 2.85. The van der Waals surface area contributed by atoms with E-state index in [-0.39, 0.29) is 0 Å². The molecule has 2 heterocycles. The maximum Gasteiger partial charge on any atom is 0.110 e. The summed E-state index contributed by atoms with van der Waals surface area (Å²) in [5.41, 5.74) is 0.991. The number of fused-ring (bicyclic) bond motifs is 1. The number of hydrogen-bond acceptors (Lipinski definition) is 3. The minimum absolute atomic E-state index is 0.751. The fourth-order valence-electron chi connectivity index (χ4n) is 1.15. The largest absolute Gasteiger partial charge is 0.261 e. The van der Waals surface area contributed by atoms with Crippen molar-refractivity contribution in [1.82, 2.24) is 4.98 Å². The SMILES string of the molecule is Cc1nccc2sc(C#N)cc12. The molecule has 0 spiro atoms. The van der Waals surface area contributed by atoms with Crippen LogP contribution in [-0.2, 0) is 0 Å². The van der Waals surface area contributed by atoms with Crippen LogP contribution in [0.3, 0.4) is 0 Å². The van der Waals surface area contributed by atoms with Crippen molar-refractivity contribution in [3.05, 3.63) is 28.9 Å². The number of pyridine rings is 1. The summed E-state index contributed by atoms with van der Waals surface area (Å²) in [6.45, 7) is 1.95. The first kappa shape index (κ1) is 7.26. The highest BCUT2D eigenvalue weighted by molar-refractivity contribution is 7.19. The molecule has 3 heteroatoms. The standard InChI is InChI=1S/C9H6N2S/c1-6-8-4-7(5-10)12-9(8)2-3-11-6/h2-4H,1H3. The van der Waals surface area contributed by atoms with Crippen molar-refractivity contribution in [3.63, 3.8) is 0 Å². The Bertz CT molecular complexity index is 465. The van der Waals surface area contributed by atoms with Crippen LogP contribution in [0.1, 0.15) is 10.6 Å². The maximum absolute atomic E-state index is 8.67. The minimum Gasteiger partial charge on any atom is -0.261 e. The molecule has 58 valence electrons. The van der Waals surface area contributed by atoms with Gasteiger partial charge in [-0.25, -0.2) is 0 Å². The van der Waals surface area contributed by atoms with Gasteiger partial charge in [-0.2, -0.15) is 5.26 Å². The first-order valence-corrected chi connectivity index (χ1v) is 4.38. The van der Waals surface area contributed by atoms with Gasteiger partial charge < -0.3 is 0 Å². The summed E-state index contributed by atoms with van der Waals surface area (Å²) in [6.07, 6.45) is 1.77. The predicted octanol–water partition coefficient (Wildman–Crippen LogP) is 2.48. The smallest absolute Gasteiger partial charge is 0.110 e. The second-order valence-corrected chi connectivity index (χ2v) is 3.61. The fourth-order valence-corrected chi connectivity index (χ4v) is 2.06. The van der Waals surface area contributed by atoms with Gasteiger partial charge >= 0.3 is 0 Å². The number of aromatic nitrogens is 1. The Morgan fingerprint density at radius 3 is 3.08 bits per heavy atom. The molecule has 0 aromatic carbocycles. The second-order valence-electron chi connectivity index (χ2n) is 2.53. The molecule has 0 atom stereocenters. The molecule has 0 amide bonds. The highest BCUT2D eigenvalue weighted by atomic mass is 32.1. The molecule has 2 rings (SSSR count). The average molecular weight is 174 g/mol. The number of hydrogen-bond donors (Lipinski definition) is 0. The lowest BCUT2D eigenvalue weighted by atomic mass is 10.2. The zero-order valence-electron chi connectivity index (χ0n) is 6.53. The van der Waals surface area contributed by atoms with E-state index in [0.717, 1.165) is 20.7 Å². The lowest BCUT2D eigenvalue weighted by molar-refractivity contribution is 1.24. The monoisotopic (exact) mass is 174 g/mol. The van der Waals surface area contributed by atoms with E-state index < -0.39 is 0 Å². The number of aryl methyl sites for hydroxylation is 1. The van der Waals surface area contributed by atoms with Crippen molar-refractivity contribution in [3.8, 4) is 6.07 Å². The molecule has 0 bridgehead atoms. The van der Waals surface area contributed by atoms with E-state index in [1.165, 1.54) is 11.3 Å². The van der Waals surface area contributed by atoms with E-state index in [2.05, 4.69) is 11.1 Å². The Morgan fingerprint density at radius 2 is 2.42 bits per heavy atom. The Labute approximate surface area is 74.1 Å². The Kier molecular flexibility index (Phi) is 1.56. The molecule has 2 nitrogen and oxygen atoms in total. The van der Waals surface area contributed by atoms with Gasteiger partial charge in [-0.15, -0.1) is 11.3 Å². The molecule has 0 aliphatic carbocycles. The van der Waals surface area contributed by atoms with Gasteiger partial charge in [-0.1, -0.05) is 0 Å². The third kappa shape index (κ3) is 0.973. The fraction of sp³-hybridized carbons (Fsp3) is 0.111. The molecule has 2 aromatic heterocycles. The van der Waals surface area contributed by atoms with Crippen LogP contribution in [0.15, 0.2) is 18.3 Å². The number of rotatable bonds is 0. The van der Waals surface area contributed by atoms with Crippen molar-refractivity contribution in [2.45, 2.75) is 6.92 Å². The van der Waals surface area contributed by atoms with Gasteiger partial charge in [0.1, 0.15) is 10.9 Å². The van der Waals surface area contributed by atoms with Crippen molar-refractivity contribution in [1.29, 1.82) is 5.26 Å². The van der Waals surface area contributed by atoms with Gasteiger partial charge in [0.15, 0.2) is 0 Å². The van der Waals surface area contributed by atoms with Crippen LogP contribution in [0.25, 0.3) is 10.1 Å². The van der Waals surface area contributed by atoms with Gasteiger partial charge in [0.25, 0.3) is 0 Å². The van der Waals surface area contributed by atoms with Gasteiger partial charge in [0, 0.05) is 22.0 Å². The summed E-state index contributed by atoms with van der Waals surface area (Å²) in [5, 5.41) is 9.77. The molecule has 0 unspecified atom stereocenters. The zero-order valence-corrected chi connectivity index (χ0v) is 7.35. The lowest BCUT2D eigenvalue weighted by Crippen LogP contribution is -1.76. The van der Waals surface area contributed by atoms with E-state index in [0.29, 0.717) is 0 Å². The van der Waals surface area contributed by atoms with E-state index in [1.807, 2.05) is 19.1 Å². The third-order valence-electron chi connectivity index (χ3n) is 1.75. The van der Waals surface area contributed by atoms with Gasteiger partial charge in [0.05, 0.1) is 0 Å². The molecular weight excluding hydrogens is 168 g/mol. The predicted molar refractivity (Wildman–Crippen MR) is 49.1 cm³/mol. The quantitative estimate of drug-likeness (QED) is 0.615. The maximum atomic E-state index is 8.67. The lowest BCUT2D eigenvalue weighted by Gasteiger charge is -1.90. The van der Waals surface area contributed by atoms with Crippen molar-refractivity contribution < 1.29 is 0 Å². The van der Waals surface area contributed by atoms with E-state index >= 15 is 0 Å². The summed E-state index contributed by atoms with van der Waals surface area (Å²) in [7, 11) is 0. The molecule has 0 saturated heterocycles. The van der Waals surface area contributed by atoms with Crippen LogP contribution >= 0.6 is 11.3 Å². The Morgan fingerprint density at radius 1 is 1.58 bits per heavy atom. The summed E-state index contributed by atoms with van der Waals surface area (Å²) < 4.78 is 1.14. The topological polar surface area (TPSA) is 36.7 Å². The molecule has 0 N–H and O–H groups in total. The highest BCUT2D eigenvalue weighted by Gasteiger charge is 2.02. The average Bonchev–Trinajstić information content (AvgIpc) is 2.49. The highest BCUT2D eigenvalue weighted by Crippen LogP contribution is 2.25. The van der Waals surface area contributed by atoms with Crippen LogP contribution in [0.5, 0.6) is 0 Å². The second kappa shape index (κ2) is 2.58. The molecular formula is C9H6N2S. The van der Waals surface area contributed by atoms with Gasteiger partial charge in [-0.05, 0) is 19.1 Å². The molecule has 12 heavy (non-hydrogen) atoms. The van der Waals surface area contributed by atoms with E-state index in [9.17, 15) is 0 Å². The summed E-state index contributed by atoms with van der Waals surface area (Å²) in [4.78, 5) is 4.90. The molecule has 0 fully saturated rings. The van der Waals surface area contributed by atoms with Crippen LogP contribution < -0.4 is 0 Å². The third-order valence-corrected chi connectivity index (χ3v) is 2.76. The summed E-state index contributed by atoms with van der Waals surface area (Å²) in [6, 6.07) is 5.96. The van der Waals surface area contributed by atoms with Crippen molar-refractivity contribution in [2.24, 2.45) is 0 Å². The zero-order chi connectivity index (χ0) is 8.55. The summed E-state index contributed by atoms with van der Waals surface area (Å²) >= 11 is 1.51. The van der Waals surface area contributed by atoms with Crippen LogP contribution in [0, 0.1) is 18.3 Å². The number of thiophene rings is 1. The van der Waals surface area contributed by atoms with Gasteiger partial charge in [-0.3, -0.25) is 4.98 Å². The molecule has 0 saturated carbocycles. The first-order valence-electron chi connectivity index (χ1n) is 3.56. The normalized spacial score (nSPS) is 10.0. The first-order chi connectivity index (χ1) is 5.81. The van der Waals surface area contributed by atoms with E-state index in [1.54, 1.807) is 6.20 Å². The van der Waals surface area contributed by atoms with Gasteiger partial charge in [0.2, 0.25) is 0 Å². The molecule has 0 aliphatic heterocycles. The molecule has 0 radical (unpaired) electrons. The van der Waals surface area contributed by atoms with Crippen LogP contribution in [-0.4, -0.2) is 4.98 Å². The molecule has 2 aromatic rings. The minimum atomic E-state index is 0.751. The van der Waals surface area contributed by atoms with Crippen LogP contribution in [0.4, 0.5) is 0 Å². The number of nitriles is 1. The molecule has 0 aliphatic rings. The van der Waals surface area contributed by atoms with Crippen molar-refractivity contribution in [2.75, 3.05) is 0 Å². The van der Waals surface area contributed by atoms with E-state index in [4.69, 9.17) is 5.26 Å². The Hall–Kier alpha value is -1.40.